The number of aryl methyl sites for hydroxylation is 6. The van der Waals surface area contributed by atoms with Crippen LogP contribution in [0.3, 0.4) is 0 Å². The lowest BCUT2D eigenvalue weighted by molar-refractivity contribution is 1.19. The third-order valence-electron chi connectivity index (χ3n) is 16.1. The lowest BCUT2D eigenvalue weighted by atomic mass is 9.88. The van der Waals surface area contributed by atoms with Crippen molar-refractivity contribution >= 4 is 56.5 Å². The van der Waals surface area contributed by atoms with E-state index >= 15 is 0 Å². The van der Waals surface area contributed by atoms with Crippen LogP contribution in [-0.2, 0) is 0 Å². The van der Waals surface area contributed by atoms with E-state index in [9.17, 15) is 0 Å². The number of anilines is 6. The molecule has 0 atom stereocenters. The molecular weight excluding hydrogens is 1020 g/mol. The first-order chi connectivity index (χ1) is 41.1. The second-order valence-corrected chi connectivity index (χ2v) is 22.0. The molecule has 404 valence electrons. The van der Waals surface area contributed by atoms with Gasteiger partial charge < -0.3 is 18.6 Å². The third-order valence-corrected chi connectivity index (χ3v) is 16.1. The molecule has 5 aromatic heterocycles. The molecule has 0 aliphatic heterocycles. The van der Waals surface area contributed by atoms with Crippen molar-refractivity contribution < 1.29 is 0 Å². The zero-order chi connectivity index (χ0) is 57.0. The summed E-state index contributed by atoms with van der Waals surface area (Å²) in [7, 11) is 0. The SMILES string of the molecule is Cc1cc(C)c(-c2ccc(-c3c(C)cc(C)cc3C)c3nc(-c4ccc(N(c5ccccc5)c5ccc(-c6cn7ccccc7n6)cc5)cc4)c(-c4ccc(N(c5ccccc5)c5ccc(-c6cn7ccccc7n6)cc5)cc4)nc23)c(C)c1. The number of nitrogens with zero attached hydrogens (tertiary/aromatic N) is 8. The normalized spacial score (nSPS) is 11.5. The fourth-order valence-electron chi connectivity index (χ4n) is 12.4. The van der Waals surface area contributed by atoms with Crippen molar-refractivity contribution in [1.29, 1.82) is 0 Å². The van der Waals surface area contributed by atoms with Crippen LogP contribution in [0.1, 0.15) is 33.4 Å². The smallest absolute Gasteiger partial charge is 0.137 e. The van der Waals surface area contributed by atoms with Crippen LogP contribution >= 0.6 is 0 Å². The lowest BCUT2D eigenvalue weighted by Crippen LogP contribution is -2.10. The number of rotatable bonds is 12. The van der Waals surface area contributed by atoms with Crippen LogP contribution in [0.15, 0.2) is 255 Å². The number of aromatic nitrogens is 6. The zero-order valence-corrected chi connectivity index (χ0v) is 47.8. The summed E-state index contributed by atoms with van der Waals surface area (Å²) in [6, 6.07) is 81.9. The van der Waals surface area contributed by atoms with Crippen LogP contribution < -0.4 is 9.80 Å². The van der Waals surface area contributed by atoms with Crippen molar-refractivity contribution in [1.82, 2.24) is 28.7 Å². The Kier molecular flexibility index (Phi) is 13.1. The molecule has 14 aromatic rings. The summed E-state index contributed by atoms with van der Waals surface area (Å²) in [5, 5.41) is 0. The number of benzene rings is 9. The quantitative estimate of drug-likeness (QED) is 0.121. The van der Waals surface area contributed by atoms with E-state index in [2.05, 4.69) is 267 Å². The fraction of sp³-hybridized carbons (Fsp3) is 0.0789. The molecule has 0 saturated carbocycles. The van der Waals surface area contributed by atoms with E-state index in [4.69, 9.17) is 19.9 Å². The molecule has 0 saturated heterocycles. The van der Waals surface area contributed by atoms with Gasteiger partial charge in [0.1, 0.15) is 11.3 Å². The number of hydrogen-bond donors (Lipinski definition) is 0. The highest BCUT2D eigenvalue weighted by atomic mass is 15.1. The summed E-state index contributed by atoms with van der Waals surface area (Å²) in [6.07, 6.45) is 8.23. The first-order valence-electron chi connectivity index (χ1n) is 28.6. The number of hydrogen-bond acceptors (Lipinski definition) is 6. The Balaban J connectivity index is 0.926. The summed E-state index contributed by atoms with van der Waals surface area (Å²) >= 11 is 0. The van der Waals surface area contributed by atoms with Gasteiger partial charge in [0.05, 0.1) is 33.8 Å². The summed E-state index contributed by atoms with van der Waals surface area (Å²) in [5.41, 5.74) is 29.0. The second-order valence-electron chi connectivity index (χ2n) is 22.0. The molecule has 0 aliphatic rings. The van der Waals surface area contributed by atoms with Crippen molar-refractivity contribution in [2.24, 2.45) is 0 Å². The summed E-state index contributed by atoms with van der Waals surface area (Å²) in [5.74, 6) is 0. The maximum absolute atomic E-state index is 5.91. The third kappa shape index (κ3) is 9.53. The van der Waals surface area contributed by atoms with Crippen molar-refractivity contribution in [3.05, 3.63) is 289 Å². The maximum atomic E-state index is 5.91. The molecule has 0 bridgehead atoms. The van der Waals surface area contributed by atoms with Crippen LogP contribution in [0.2, 0.25) is 0 Å². The van der Waals surface area contributed by atoms with Crippen LogP contribution in [0.25, 0.3) is 89.6 Å². The molecule has 0 fully saturated rings. The number of para-hydroxylation sites is 2. The standard InChI is InChI=1S/C76H60N8/c1-49-43-51(3)71(52(4)44-49)65-39-40-66(72-53(5)45-50(2)46-54(72)6)76-75(65)79-73(57-27-35-63(36-28-57)83(59-17-9-7-10-18-59)61-31-23-55(24-32-61)67-47-81-41-15-13-21-69(81)77-67)74(80-76)58-29-37-64(38-30-58)84(60-19-11-8-12-20-60)62-33-25-56(26-34-62)68-48-82-42-16-14-22-70(82)78-68/h7-48H,1-6H3. The average molecular weight is 1090 g/mol. The van der Waals surface area contributed by atoms with E-state index in [1.807, 2.05) is 48.8 Å². The van der Waals surface area contributed by atoms with Gasteiger partial charge in [-0.05, 0) is 172 Å². The Hall–Kier alpha value is -10.7. The number of fused-ring (bicyclic) bond motifs is 3. The van der Waals surface area contributed by atoms with Crippen molar-refractivity contribution in [3.63, 3.8) is 0 Å². The Morgan fingerprint density at radius 3 is 0.940 bits per heavy atom. The highest BCUT2D eigenvalue weighted by molar-refractivity contribution is 6.05. The first-order valence-corrected chi connectivity index (χ1v) is 28.6. The van der Waals surface area contributed by atoms with E-state index in [0.717, 1.165) is 113 Å². The molecule has 84 heavy (non-hydrogen) atoms. The Morgan fingerprint density at radius 1 is 0.298 bits per heavy atom. The first kappa shape index (κ1) is 51.4. The summed E-state index contributed by atoms with van der Waals surface area (Å²) < 4.78 is 4.12. The van der Waals surface area contributed by atoms with Crippen LogP contribution in [0, 0.1) is 41.5 Å². The van der Waals surface area contributed by atoms with E-state index in [1.54, 1.807) is 0 Å². The number of imidazole rings is 2. The molecule has 8 heteroatoms. The Morgan fingerprint density at radius 2 is 0.607 bits per heavy atom. The number of pyridine rings is 2. The van der Waals surface area contributed by atoms with Crippen molar-refractivity contribution in [2.75, 3.05) is 9.80 Å². The minimum absolute atomic E-state index is 0.797. The van der Waals surface area contributed by atoms with E-state index in [0.29, 0.717) is 0 Å². The van der Waals surface area contributed by atoms with Gasteiger partial charge in [-0.15, -0.1) is 0 Å². The fourth-order valence-corrected chi connectivity index (χ4v) is 12.4. The van der Waals surface area contributed by atoms with Gasteiger partial charge in [0.15, 0.2) is 0 Å². The Bertz CT molecular complexity index is 4340. The summed E-state index contributed by atoms with van der Waals surface area (Å²) in [4.78, 5) is 26.2. The minimum Gasteiger partial charge on any atom is -0.311 e. The van der Waals surface area contributed by atoms with Gasteiger partial charge in [-0.1, -0.05) is 145 Å². The minimum atomic E-state index is 0.797. The summed E-state index contributed by atoms with van der Waals surface area (Å²) in [6.45, 7) is 13.2. The molecule has 8 nitrogen and oxygen atoms in total. The van der Waals surface area contributed by atoms with Crippen molar-refractivity contribution in [2.45, 2.75) is 41.5 Å². The molecule has 14 rings (SSSR count). The van der Waals surface area contributed by atoms with Gasteiger partial charge in [0, 0.05) is 92.3 Å². The molecule has 0 amide bonds. The second kappa shape index (κ2) is 21.3. The molecule has 0 N–H and O–H groups in total. The topological polar surface area (TPSA) is 66.9 Å². The van der Waals surface area contributed by atoms with E-state index in [-0.39, 0.29) is 0 Å². The predicted molar refractivity (Wildman–Crippen MR) is 347 cm³/mol. The molecular formula is C76H60N8. The van der Waals surface area contributed by atoms with E-state index < -0.39 is 0 Å². The monoisotopic (exact) mass is 1080 g/mol. The maximum Gasteiger partial charge on any atom is 0.137 e. The van der Waals surface area contributed by atoms with E-state index in [1.165, 1.54) is 44.5 Å². The molecule has 0 unspecified atom stereocenters. The highest BCUT2D eigenvalue weighted by Gasteiger charge is 2.24. The van der Waals surface area contributed by atoms with Crippen LogP contribution in [0.5, 0.6) is 0 Å². The van der Waals surface area contributed by atoms with Gasteiger partial charge in [-0.3, -0.25) is 0 Å². The molecule has 0 aliphatic carbocycles. The van der Waals surface area contributed by atoms with Gasteiger partial charge in [-0.2, -0.15) is 0 Å². The van der Waals surface area contributed by atoms with Crippen LogP contribution in [-0.4, -0.2) is 28.7 Å². The average Bonchev–Trinajstić information content (AvgIpc) is 1.96. The van der Waals surface area contributed by atoms with Gasteiger partial charge in [0.25, 0.3) is 0 Å². The van der Waals surface area contributed by atoms with Gasteiger partial charge >= 0.3 is 0 Å². The van der Waals surface area contributed by atoms with Crippen molar-refractivity contribution in [3.8, 4) is 67.3 Å². The zero-order valence-electron chi connectivity index (χ0n) is 47.8. The predicted octanol–water partition coefficient (Wildman–Crippen LogP) is 19.7. The lowest BCUT2D eigenvalue weighted by Gasteiger charge is -2.26. The Labute approximate surface area is 490 Å². The molecule has 0 radical (unpaired) electrons. The molecule has 5 heterocycles. The van der Waals surface area contributed by atoms with Crippen LogP contribution in [0.4, 0.5) is 34.1 Å². The van der Waals surface area contributed by atoms with Gasteiger partial charge in [-0.25, -0.2) is 19.9 Å². The molecule has 9 aromatic carbocycles. The van der Waals surface area contributed by atoms with Gasteiger partial charge in [0.2, 0.25) is 0 Å². The molecule has 0 spiro atoms. The largest absolute Gasteiger partial charge is 0.311 e. The highest BCUT2D eigenvalue weighted by Crippen LogP contribution is 2.45.